The van der Waals surface area contributed by atoms with Crippen LogP contribution in [0.1, 0.15) is 21.7 Å². The van der Waals surface area contributed by atoms with E-state index in [-0.39, 0.29) is 11.4 Å². The highest BCUT2D eigenvalue weighted by atomic mass is 19.4. The molecule has 2 heterocycles. The van der Waals surface area contributed by atoms with Crippen LogP contribution in [0.15, 0.2) is 59.4 Å². The van der Waals surface area contributed by atoms with E-state index in [1.807, 2.05) is 24.3 Å². The van der Waals surface area contributed by atoms with Crippen LogP contribution in [0, 0.1) is 6.92 Å². The maximum absolute atomic E-state index is 13.5. The molecule has 4 rings (SSSR count). The van der Waals surface area contributed by atoms with Gasteiger partial charge in [-0.25, -0.2) is 4.68 Å². The molecule has 1 fully saturated rings. The molecular weight excluding hydrogens is 449 g/mol. The van der Waals surface area contributed by atoms with Crippen molar-refractivity contribution in [3.63, 3.8) is 0 Å². The van der Waals surface area contributed by atoms with Crippen molar-refractivity contribution >= 4 is 11.6 Å². The number of methoxy groups -OCH3 is 1. The fourth-order valence-corrected chi connectivity index (χ4v) is 3.96. The van der Waals surface area contributed by atoms with Gasteiger partial charge in [0.2, 0.25) is 5.43 Å². The van der Waals surface area contributed by atoms with E-state index in [4.69, 9.17) is 4.74 Å². The molecule has 0 radical (unpaired) electrons. The number of hydrogen-bond acceptors (Lipinski definition) is 5. The number of rotatable bonds is 4. The number of carbonyl (C=O) groups is 1. The topological polar surface area (TPSA) is 67.7 Å². The Morgan fingerprint density at radius 1 is 1.00 bits per heavy atom. The van der Waals surface area contributed by atoms with Crippen LogP contribution >= 0.6 is 0 Å². The van der Waals surface area contributed by atoms with Gasteiger partial charge in [-0.3, -0.25) is 9.59 Å². The standard InChI is InChI=1S/C24H23F3N4O3/c1-16-14-21(32)22(28-31(16)20-9-4-3-8-19(20)24(25,26)27)23(33)30-12-10-29(11-13-30)17-6-5-7-18(15-17)34-2/h3-9,14-15H,10-13H2,1-2H3. The monoisotopic (exact) mass is 472 g/mol. The summed E-state index contributed by atoms with van der Waals surface area (Å²) in [6.45, 7) is 3.20. The van der Waals surface area contributed by atoms with Gasteiger partial charge in [-0.05, 0) is 31.2 Å². The zero-order valence-corrected chi connectivity index (χ0v) is 18.7. The summed E-state index contributed by atoms with van der Waals surface area (Å²) in [6.07, 6.45) is -4.62. The first-order valence-corrected chi connectivity index (χ1v) is 10.6. The molecule has 2 aromatic carbocycles. The largest absolute Gasteiger partial charge is 0.497 e. The van der Waals surface area contributed by atoms with Crippen molar-refractivity contribution in [2.45, 2.75) is 13.1 Å². The number of carbonyl (C=O) groups excluding carboxylic acids is 1. The molecule has 34 heavy (non-hydrogen) atoms. The fourth-order valence-electron chi connectivity index (χ4n) is 3.96. The summed E-state index contributed by atoms with van der Waals surface area (Å²) in [5.41, 5.74) is -1.04. The summed E-state index contributed by atoms with van der Waals surface area (Å²) < 4.78 is 46.8. The average molecular weight is 472 g/mol. The second-order valence-electron chi connectivity index (χ2n) is 7.91. The van der Waals surface area contributed by atoms with Crippen LogP contribution in [0.4, 0.5) is 18.9 Å². The third kappa shape index (κ3) is 4.61. The number of ether oxygens (including phenoxy) is 1. The molecule has 7 nitrogen and oxygen atoms in total. The first-order valence-electron chi connectivity index (χ1n) is 10.6. The van der Waals surface area contributed by atoms with Crippen molar-refractivity contribution in [3.05, 3.63) is 81.8 Å². The number of halogens is 3. The molecule has 178 valence electrons. The number of hydrogen-bond donors (Lipinski definition) is 0. The van der Waals surface area contributed by atoms with E-state index in [1.54, 1.807) is 7.11 Å². The highest BCUT2D eigenvalue weighted by Gasteiger charge is 2.34. The third-order valence-corrected chi connectivity index (χ3v) is 5.73. The summed E-state index contributed by atoms with van der Waals surface area (Å²) in [5, 5.41) is 4.07. The average Bonchev–Trinajstić information content (AvgIpc) is 2.83. The van der Waals surface area contributed by atoms with E-state index in [9.17, 15) is 22.8 Å². The predicted molar refractivity (Wildman–Crippen MR) is 121 cm³/mol. The minimum atomic E-state index is -4.62. The number of alkyl halides is 3. The van der Waals surface area contributed by atoms with Crippen molar-refractivity contribution in [1.29, 1.82) is 0 Å². The van der Waals surface area contributed by atoms with Gasteiger partial charge in [-0.1, -0.05) is 18.2 Å². The summed E-state index contributed by atoms with van der Waals surface area (Å²) in [4.78, 5) is 29.3. The molecule has 0 unspecified atom stereocenters. The molecule has 1 aliphatic heterocycles. The van der Waals surface area contributed by atoms with Crippen LogP contribution in [-0.2, 0) is 6.18 Å². The van der Waals surface area contributed by atoms with Gasteiger partial charge in [0.15, 0.2) is 5.69 Å². The Balaban J connectivity index is 1.59. The predicted octanol–water partition coefficient (Wildman–Crippen LogP) is 3.53. The lowest BCUT2D eigenvalue weighted by Gasteiger charge is -2.36. The second-order valence-corrected chi connectivity index (χ2v) is 7.91. The number of benzene rings is 2. The lowest BCUT2D eigenvalue weighted by molar-refractivity contribution is -0.137. The molecule has 1 saturated heterocycles. The first kappa shape index (κ1) is 23.3. The lowest BCUT2D eigenvalue weighted by Crippen LogP contribution is -2.50. The van der Waals surface area contributed by atoms with E-state index in [1.165, 1.54) is 30.0 Å². The van der Waals surface area contributed by atoms with Crippen LogP contribution in [0.3, 0.4) is 0 Å². The molecule has 0 spiro atoms. The number of aryl methyl sites for hydroxylation is 1. The van der Waals surface area contributed by atoms with Crippen molar-refractivity contribution in [3.8, 4) is 11.4 Å². The normalized spacial score (nSPS) is 14.3. The van der Waals surface area contributed by atoms with Crippen molar-refractivity contribution in [2.75, 3.05) is 38.2 Å². The second kappa shape index (κ2) is 9.20. The highest BCUT2D eigenvalue weighted by molar-refractivity contribution is 5.92. The minimum Gasteiger partial charge on any atom is -0.497 e. The summed E-state index contributed by atoms with van der Waals surface area (Å²) in [7, 11) is 1.59. The Hall–Kier alpha value is -3.82. The Morgan fingerprint density at radius 3 is 2.38 bits per heavy atom. The number of anilines is 1. The van der Waals surface area contributed by atoms with E-state index in [0.717, 1.165) is 28.3 Å². The molecule has 3 aromatic rings. The minimum absolute atomic E-state index is 0.195. The Kier molecular flexibility index (Phi) is 6.32. The number of aromatic nitrogens is 2. The van der Waals surface area contributed by atoms with Gasteiger partial charge in [0.1, 0.15) is 5.75 Å². The van der Waals surface area contributed by atoms with Crippen molar-refractivity contribution < 1.29 is 22.7 Å². The Labute approximate surface area is 194 Å². The van der Waals surface area contributed by atoms with Gasteiger partial charge in [-0.15, -0.1) is 0 Å². The van der Waals surface area contributed by atoms with Gasteiger partial charge < -0.3 is 14.5 Å². The molecule has 0 aliphatic carbocycles. The van der Waals surface area contributed by atoms with Crippen LogP contribution in [0.5, 0.6) is 5.75 Å². The van der Waals surface area contributed by atoms with Crippen LogP contribution < -0.4 is 15.1 Å². The van der Waals surface area contributed by atoms with Crippen LogP contribution in [-0.4, -0.2) is 53.9 Å². The van der Waals surface area contributed by atoms with E-state index < -0.39 is 28.8 Å². The van der Waals surface area contributed by atoms with Crippen molar-refractivity contribution in [2.24, 2.45) is 0 Å². The van der Waals surface area contributed by atoms with Crippen LogP contribution in [0.25, 0.3) is 5.69 Å². The highest BCUT2D eigenvalue weighted by Crippen LogP contribution is 2.33. The first-order chi connectivity index (χ1) is 16.2. The smallest absolute Gasteiger partial charge is 0.418 e. The Bertz CT molecular complexity index is 1260. The maximum Gasteiger partial charge on any atom is 0.418 e. The molecule has 1 aliphatic rings. The number of piperazine rings is 1. The number of para-hydroxylation sites is 1. The van der Waals surface area contributed by atoms with Gasteiger partial charge in [0, 0.05) is 49.7 Å². The zero-order chi connectivity index (χ0) is 24.5. The molecule has 1 amide bonds. The molecule has 0 N–H and O–H groups in total. The molecule has 10 heteroatoms. The van der Waals surface area contributed by atoms with E-state index in [0.29, 0.717) is 26.2 Å². The van der Waals surface area contributed by atoms with E-state index >= 15 is 0 Å². The number of amides is 1. The van der Waals surface area contributed by atoms with Gasteiger partial charge in [0.05, 0.1) is 18.4 Å². The van der Waals surface area contributed by atoms with Gasteiger partial charge in [0.25, 0.3) is 5.91 Å². The SMILES string of the molecule is COc1cccc(N2CCN(C(=O)c3nn(-c4ccccc4C(F)(F)F)c(C)cc3=O)CC2)c1. The summed E-state index contributed by atoms with van der Waals surface area (Å²) in [6, 6.07) is 13.6. The molecule has 0 bridgehead atoms. The molecular formula is C24H23F3N4O3. The van der Waals surface area contributed by atoms with Crippen LogP contribution in [0.2, 0.25) is 0 Å². The molecule has 0 atom stereocenters. The van der Waals surface area contributed by atoms with Gasteiger partial charge >= 0.3 is 6.18 Å². The van der Waals surface area contributed by atoms with Gasteiger partial charge in [-0.2, -0.15) is 18.3 Å². The lowest BCUT2D eigenvalue weighted by atomic mass is 10.1. The quantitative estimate of drug-likeness (QED) is 0.581. The zero-order valence-electron chi connectivity index (χ0n) is 18.7. The summed E-state index contributed by atoms with van der Waals surface area (Å²) in [5.74, 6) is 0.119. The van der Waals surface area contributed by atoms with Crippen molar-refractivity contribution in [1.82, 2.24) is 14.7 Å². The van der Waals surface area contributed by atoms with E-state index in [2.05, 4.69) is 10.00 Å². The molecule has 1 aromatic heterocycles. The Morgan fingerprint density at radius 2 is 1.71 bits per heavy atom. The summed E-state index contributed by atoms with van der Waals surface area (Å²) >= 11 is 0. The maximum atomic E-state index is 13.5. The number of nitrogens with zero attached hydrogens (tertiary/aromatic N) is 4. The molecule has 0 saturated carbocycles. The third-order valence-electron chi connectivity index (χ3n) is 5.73. The fraction of sp³-hybridized carbons (Fsp3) is 0.292.